The van der Waals surface area contributed by atoms with Gasteiger partial charge in [0.2, 0.25) is 0 Å². The summed E-state index contributed by atoms with van der Waals surface area (Å²) in [4.78, 5) is 4.12. The Balaban J connectivity index is 2.18. The number of ether oxygens (including phenoxy) is 1. The number of nitrogens with zero attached hydrogens (tertiary/aromatic N) is 1. The molecule has 0 amide bonds. The molecule has 1 aromatic heterocycles. The van der Waals surface area contributed by atoms with Crippen LogP contribution >= 0.6 is 15.9 Å². The number of benzene rings is 1. The first-order chi connectivity index (χ1) is 13.8. The molecule has 1 heterocycles. The van der Waals surface area contributed by atoms with Crippen molar-refractivity contribution in [1.29, 1.82) is 0 Å². The fraction of sp³-hybridized carbons (Fsp3) is 0.500. The van der Waals surface area contributed by atoms with E-state index in [9.17, 15) is 13.2 Å². The van der Waals surface area contributed by atoms with Crippen molar-refractivity contribution in [2.45, 2.75) is 64.0 Å². The average molecular weight is 504 g/mol. The van der Waals surface area contributed by atoms with Crippen LogP contribution in [0.4, 0.5) is 13.2 Å². The van der Waals surface area contributed by atoms with Gasteiger partial charge in [-0.05, 0) is 60.8 Å². The van der Waals surface area contributed by atoms with E-state index in [4.69, 9.17) is 9.16 Å². The van der Waals surface area contributed by atoms with Crippen LogP contribution in [0.15, 0.2) is 47.2 Å². The molecule has 2 aromatic rings. The van der Waals surface area contributed by atoms with Gasteiger partial charge in [0.25, 0.3) is 0 Å². The van der Waals surface area contributed by atoms with E-state index < -0.39 is 20.1 Å². The van der Waals surface area contributed by atoms with Crippen LogP contribution in [-0.2, 0) is 17.0 Å². The van der Waals surface area contributed by atoms with E-state index in [0.29, 0.717) is 17.3 Å². The Kier molecular flexibility index (Phi) is 8.15. The normalized spacial score (nSPS) is 13.9. The second-order valence-electron chi connectivity index (χ2n) is 8.85. The quantitative estimate of drug-likeness (QED) is 0.355. The third kappa shape index (κ3) is 7.09. The molecule has 0 saturated carbocycles. The predicted molar refractivity (Wildman–Crippen MR) is 119 cm³/mol. The Morgan fingerprint density at radius 1 is 1.13 bits per heavy atom. The molecule has 0 aliphatic heterocycles. The third-order valence-electron chi connectivity index (χ3n) is 5.42. The van der Waals surface area contributed by atoms with Gasteiger partial charge < -0.3 is 9.16 Å². The summed E-state index contributed by atoms with van der Waals surface area (Å²) in [6, 6.07) is 7.77. The Morgan fingerprint density at radius 2 is 1.83 bits per heavy atom. The smallest absolute Gasteiger partial charge is 0.420 e. The van der Waals surface area contributed by atoms with Crippen molar-refractivity contribution in [3.63, 3.8) is 0 Å². The van der Waals surface area contributed by atoms with Crippen LogP contribution in [0.2, 0.25) is 18.1 Å². The monoisotopic (exact) mass is 503 g/mol. The first kappa shape index (κ1) is 24.9. The zero-order valence-corrected chi connectivity index (χ0v) is 20.6. The molecular weight excluding hydrogens is 475 g/mol. The number of hydrogen-bond acceptors (Lipinski definition) is 3. The highest BCUT2D eigenvalue weighted by atomic mass is 79.9. The standard InChI is InChI=1S/C22H29BrF3NO2Si/c1-21(2,3)30(4,5)29-18(10-8-16-7-6-12-27-14-16)15-28-20-11-9-17(23)13-19(20)22(24,25)26/h6-7,9,11-14,18H,8,10,15H2,1-5H3/t18-/m1/s1. The SMILES string of the molecule is CC(C)(C)[Si](C)(C)O[C@H](CCc1cccnc1)COc1ccc(Br)cc1C(F)(F)F. The van der Waals surface area contributed by atoms with E-state index in [-0.39, 0.29) is 23.5 Å². The van der Waals surface area contributed by atoms with Gasteiger partial charge in [0.1, 0.15) is 12.4 Å². The van der Waals surface area contributed by atoms with Gasteiger partial charge in [0.05, 0.1) is 11.7 Å². The molecule has 166 valence electrons. The molecule has 2 rings (SSSR count). The maximum atomic E-state index is 13.4. The molecule has 0 bridgehead atoms. The molecule has 0 N–H and O–H groups in total. The van der Waals surface area contributed by atoms with Crippen LogP contribution in [0.3, 0.4) is 0 Å². The van der Waals surface area contributed by atoms with Crippen molar-refractivity contribution >= 4 is 24.2 Å². The molecule has 8 heteroatoms. The molecule has 0 saturated heterocycles. The van der Waals surface area contributed by atoms with Gasteiger partial charge in [-0.1, -0.05) is 42.8 Å². The Hall–Kier alpha value is -1.38. The van der Waals surface area contributed by atoms with Crippen molar-refractivity contribution < 1.29 is 22.3 Å². The summed E-state index contributed by atoms with van der Waals surface area (Å²) in [7, 11) is -2.13. The second kappa shape index (κ2) is 9.83. The molecule has 0 radical (unpaired) electrons. The molecule has 0 unspecified atom stereocenters. The summed E-state index contributed by atoms with van der Waals surface area (Å²) in [6.45, 7) is 10.7. The van der Waals surface area contributed by atoms with Gasteiger partial charge in [0.15, 0.2) is 8.32 Å². The zero-order valence-electron chi connectivity index (χ0n) is 18.0. The maximum Gasteiger partial charge on any atom is 0.420 e. The molecule has 0 fully saturated rings. The first-order valence-electron chi connectivity index (χ1n) is 9.86. The minimum absolute atomic E-state index is 0.0196. The van der Waals surface area contributed by atoms with Gasteiger partial charge >= 0.3 is 6.18 Å². The number of alkyl halides is 3. The van der Waals surface area contributed by atoms with Crippen LogP contribution in [0.25, 0.3) is 0 Å². The van der Waals surface area contributed by atoms with Gasteiger partial charge in [-0.25, -0.2) is 0 Å². The summed E-state index contributed by atoms with van der Waals surface area (Å²) in [5, 5.41) is -0.0196. The van der Waals surface area contributed by atoms with E-state index in [1.54, 1.807) is 18.5 Å². The molecule has 0 spiro atoms. The molecular formula is C22H29BrF3NO2Si. The zero-order chi connectivity index (χ0) is 22.6. The van der Waals surface area contributed by atoms with E-state index in [1.165, 1.54) is 6.07 Å². The van der Waals surface area contributed by atoms with Crippen molar-refractivity contribution in [2.24, 2.45) is 0 Å². The fourth-order valence-electron chi connectivity index (χ4n) is 2.68. The van der Waals surface area contributed by atoms with E-state index in [1.807, 2.05) is 12.1 Å². The van der Waals surface area contributed by atoms with Crippen molar-refractivity contribution in [3.05, 3.63) is 58.3 Å². The van der Waals surface area contributed by atoms with Gasteiger partial charge in [-0.15, -0.1) is 0 Å². The van der Waals surface area contributed by atoms with Crippen molar-refractivity contribution in [3.8, 4) is 5.75 Å². The van der Waals surface area contributed by atoms with Crippen molar-refractivity contribution in [1.82, 2.24) is 4.98 Å². The molecule has 30 heavy (non-hydrogen) atoms. The third-order valence-corrected chi connectivity index (χ3v) is 10.4. The summed E-state index contributed by atoms with van der Waals surface area (Å²) in [5.41, 5.74) is 0.260. The minimum Gasteiger partial charge on any atom is -0.490 e. The van der Waals surface area contributed by atoms with Crippen LogP contribution < -0.4 is 4.74 Å². The Labute approximate surface area is 186 Å². The van der Waals surface area contributed by atoms with E-state index >= 15 is 0 Å². The Morgan fingerprint density at radius 3 is 2.40 bits per heavy atom. The lowest BCUT2D eigenvalue weighted by molar-refractivity contribution is -0.139. The van der Waals surface area contributed by atoms with Crippen LogP contribution in [0, 0.1) is 0 Å². The van der Waals surface area contributed by atoms with E-state index in [2.05, 4.69) is 54.8 Å². The van der Waals surface area contributed by atoms with Crippen LogP contribution in [0.1, 0.15) is 38.3 Å². The maximum absolute atomic E-state index is 13.4. The minimum atomic E-state index is -4.50. The number of halogens is 4. The fourth-order valence-corrected chi connectivity index (χ4v) is 4.41. The largest absolute Gasteiger partial charge is 0.490 e. The van der Waals surface area contributed by atoms with Crippen LogP contribution in [-0.4, -0.2) is 26.0 Å². The highest BCUT2D eigenvalue weighted by molar-refractivity contribution is 9.10. The lowest BCUT2D eigenvalue weighted by atomic mass is 10.1. The van der Waals surface area contributed by atoms with Crippen LogP contribution in [0.5, 0.6) is 5.75 Å². The van der Waals surface area contributed by atoms with Gasteiger partial charge in [0, 0.05) is 16.9 Å². The summed E-state index contributed by atoms with van der Waals surface area (Å²) < 4.78 is 52.8. The van der Waals surface area contributed by atoms with Gasteiger partial charge in [-0.2, -0.15) is 13.2 Å². The topological polar surface area (TPSA) is 31.4 Å². The number of pyridine rings is 1. The second-order valence-corrected chi connectivity index (χ2v) is 14.5. The number of aromatic nitrogens is 1. The van der Waals surface area contributed by atoms with E-state index in [0.717, 1.165) is 11.6 Å². The molecule has 0 aliphatic rings. The number of rotatable bonds is 8. The molecule has 1 atom stereocenters. The molecule has 1 aromatic carbocycles. The molecule has 3 nitrogen and oxygen atoms in total. The summed E-state index contributed by atoms with van der Waals surface area (Å²) in [6.07, 6.45) is 0.0307. The number of aryl methyl sites for hydroxylation is 1. The average Bonchev–Trinajstić information content (AvgIpc) is 2.63. The molecule has 0 aliphatic carbocycles. The predicted octanol–water partition coefficient (Wildman–Crippen LogP) is 7.26. The van der Waals surface area contributed by atoms with Gasteiger partial charge in [-0.3, -0.25) is 4.98 Å². The highest BCUT2D eigenvalue weighted by Gasteiger charge is 2.39. The number of hydrogen-bond donors (Lipinski definition) is 0. The Bertz CT molecular complexity index is 823. The lowest BCUT2D eigenvalue weighted by Gasteiger charge is -2.39. The summed E-state index contributed by atoms with van der Waals surface area (Å²) in [5.74, 6) is -0.184. The summed E-state index contributed by atoms with van der Waals surface area (Å²) >= 11 is 3.10. The van der Waals surface area contributed by atoms with Crippen molar-refractivity contribution in [2.75, 3.05) is 6.61 Å². The first-order valence-corrected chi connectivity index (χ1v) is 13.6. The lowest BCUT2D eigenvalue weighted by Crippen LogP contribution is -2.45. The highest BCUT2D eigenvalue weighted by Crippen LogP contribution is 2.39.